The summed E-state index contributed by atoms with van der Waals surface area (Å²) in [6.45, 7) is 1.05. The van der Waals surface area contributed by atoms with Gasteiger partial charge in [0.2, 0.25) is 12.7 Å². The summed E-state index contributed by atoms with van der Waals surface area (Å²) in [5.41, 5.74) is 0.653. The van der Waals surface area contributed by atoms with Gasteiger partial charge in [-0.1, -0.05) is 12.1 Å². The number of rotatable bonds is 8. The Hall–Kier alpha value is -5.00. The molecule has 12 heteroatoms. The topological polar surface area (TPSA) is 161 Å². The molecule has 0 aliphatic carbocycles. The number of aromatic nitrogens is 1. The number of likely N-dealkylation sites (tertiary alicyclic amines) is 1. The number of nitrogens with one attached hydrogen (secondary N) is 1. The number of hydrogen-bond donors (Lipinski definition) is 2. The summed E-state index contributed by atoms with van der Waals surface area (Å²) in [4.78, 5) is 54.1. The number of nitro benzene ring substituents is 1. The number of aromatic hydroxyl groups is 1. The van der Waals surface area contributed by atoms with Gasteiger partial charge in [0.1, 0.15) is 28.8 Å². The van der Waals surface area contributed by atoms with Crippen LogP contribution >= 0.6 is 0 Å². The Balaban J connectivity index is 1.45. The predicted molar refractivity (Wildman–Crippen MR) is 135 cm³/mol. The van der Waals surface area contributed by atoms with Gasteiger partial charge in [0.25, 0.3) is 11.6 Å². The number of carbonyl (C=O) groups is 3. The minimum atomic E-state index is -0.894. The SMILES string of the molecule is CC(=O)N/C(=C\c1ccc(O)cc1)C(=O)N1CCC[C@H]1C(=O)OCOc1ccc([N+](=O)[O-])c2cccnc12. The highest BCUT2D eigenvalue weighted by molar-refractivity contribution is 6.02. The molecule has 4 rings (SSSR count). The lowest BCUT2D eigenvalue weighted by molar-refractivity contribution is -0.383. The molecule has 0 spiro atoms. The second-order valence-electron chi connectivity index (χ2n) is 8.45. The van der Waals surface area contributed by atoms with Crippen molar-refractivity contribution in [1.82, 2.24) is 15.2 Å². The van der Waals surface area contributed by atoms with E-state index >= 15 is 0 Å². The number of fused-ring (bicyclic) bond motifs is 1. The molecule has 1 atom stereocenters. The molecule has 1 aromatic heterocycles. The van der Waals surface area contributed by atoms with Gasteiger partial charge in [-0.2, -0.15) is 0 Å². The first-order valence-electron chi connectivity index (χ1n) is 11.7. The summed E-state index contributed by atoms with van der Waals surface area (Å²) in [6.07, 6.45) is 3.83. The van der Waals surface area contributed by atoms with Crippen LogP contribution in [-0.4, -0.2) is 57.1 Å². The number of esters is 1. The summed E-state index contributed by atoms with van der Waals surface area (Å²) in [6, 6.07) is 10.9. The quantitative estimate of drug-likeness (QED) is 0.150. The van der Waals surface area contributed by atoms with Crippen molar-refractivity contribution in [3.05, 3.63) is 76.1 Å². The van der Waals surface area contributed by atoms with Gasteiger partial charge in [0, 0.05) is 25.7 Å². The average molecular weight is 520 g/mol. The van der Waals surface area contributed by atoms with E-state index in [4.69, 9.17) is 9.47 Å². The Kier molecular flexibility index (Phi) is 7.80. The van der Waals surface area contributed by atoms with E-state index in [9.17, 15) is 29.6 Å². The van der Waals surface area contributed by atoms with Crippen LogP contribution < -0.4 is 10.1 Å². The van der Waals surface area contributed by atoms with Gasteiger partial charge in [-0.15, -0.1) is 0 Å². The molecule has 1 aliphatic rings. The van der Waals surface area contributed by atoms with Crippen molar-refractivity contribution in [2.24, 2.45) is 0 Å². The molecule has 0 unspecified atom stereocenters. The number of ether oxygens (including phenoxy) is 2. The molecule has 1 aliphatic heterocycles. The first-order valence-corrected chi connectivity index (χ1v) is 11.7. The van der Waals surface area contributed by atoms with Crippen LogP contribution in [0.3, 0.4) is 0 Å². The molecule has 1 saturated heterocycles. The van der Waals surface area contributed by atoms with Crippen molar-refractivity contribution in [3.63, 3.8) is 0 Å². The van der Waals surface area contributed by atoms with Crippen molar-refractivity contribution in [2.45, 2.75) is 25.8 Å². The third-order valence-electron chi connectivity index (χ3n) is 5.85. The lowest BCUT2D eigenvalue weighted by atomic mass is 10.1. The molecular weight excluding hydrogens is 496 g/mol. The average Bonchev–Trinajstić information content (AvgIpc) is 3.39. The first kappa shape index (κ1) is 26.1. The van der Waals surface area contributed by atoms with Crippen molar-refractivity contribution in [1.29, 1.82) is 0 Å². The number of benzene rings is 2. The second-order valence-corrected chi connectivity index (χ2v) is 8.45. The van der Waals surface area contributed by atoms with Gasteiger partial charge in [0.15, 0.2) is 0 Å². The Morgan fingerprint density at radius 2 is 1.97 bits per heavy atom. The highest BCUT2D eigenvalue weighted by Gasteiger charge is 2.37. The largest absolute Gasteiger partial charge is 0.508 e. The number of carbonyl (C=O) groups excluding carboxylic acids is 3. The van der Waals surface area contributed by atoms with Crippen LogP contribution in [0.25, 0.3) is 17.0 Å². The van der Waals surface area contributed by atoms with Crippen molar-refractivity contribution >= 4 is 40.4 Å². The van der Waals surface area contributed by atoms with Crippen LogP contribution in [0.1, 0.15) is 25.3 Å². The summed E-state index contributed by atoms with van der Waals surface area (Å²) >= 11 is 0. The maximum absolute atomic E-state index is 13.3. The van der Waals surface area contributed by atoms with Crippen LogP contribution in [0.2, 0.25) is 0 Å². The molecule has 3 aromatic rings. The summed E-state index contributed by atoms with van der Waals surface area (Å²) < 4.78 is 10.8. The molecule has 2 heterocycles. The second kappa shape index (κ2) is 11.4. The van der Waals surface area contributed by atoms with E-state index in [1.165, 1.54) is 48.4 Å². The number of non-ortho nitro benzene ring substituents is 1. The molecule has 2 amide bonds. The fraction of sp³-hybridized carbons (Fsp3) is 0.231. The van der Waals surface area contributed by atoms with Crippen molar-refractivity contribution < 1.29 is 33.9 Å². The Morgan fingerprint density at radius 3 is 2.68 bits per heavy atom. The smallest absolute Gasteiger partial charge is 0.331 e. The summed E-state index contributed by atoms with van der Waals surface area (Å²) in [5.74, 6) is -1.46. The lowest BCUT2D eigenvalue weighted by Crippen LogP contribution is -2.44. The van der Waals surface area contributed by atoms with E-state index in [0.717, 1.165) is 0 Å². The van der Waals surface area contributed by atoms with E-state index in [1.54, 1.807) is 24.3 Å². The van der Waals surface area contributed by atoms with Gasteiger partial charge in [0.05, 0.1) is 10.3 Å². The van der Waals surface area contributed by atoms with E-state index in [2.05, 4.69) is 10.3 Å². The zero-order valence-corrected chi connectivity index (χ0v) is 20.3. The van der Waals surface area contributed by atoms with Crippen molar-refractivity contribution in [3.8, 4) is 11.5 Å². The molecule has 38 heavy (non-hydrogen) atoms. The number of amides is 2. The van der Waals surface area contributed by atoms with Gasteiger partial charge in [-0.3, -0.25) is 24.7 Å². The molecule has 0 bridgehead atoms. The van der Waals surface area contributed by atoms with Crippen LogP contribution in [-0.2, 0) is 19.1 Å². The monoisotopic (exact) mass is 520 g/mol. The number of phenolic OH excluding ortho intramolecular Hbond substituents is 1. The molecule has 1 fully saturated rings. The Bertz CT molecular complexity index is 1420. The highest BCUT2D eigenvalue weighted by atomic mass is 16.7. The molecule has 0 radical (unpaired) electrons. The summed E-state index contributed by atoms with van der Waals surface area (Å²) in [7, 11) is 0. The predicted octanol–water partition coefficient (Wildman–Crippen LogP) is 2.90. The van der Waals surface area contributed by atoms with Gasteiger partial charge in [-0.25, -0.2) is 4.79 Å². The van der Waals surface area contributed by atoms with E-state index in [1.807, 2.05) is 0 Å². The molecule has 2 aromatic carbocycles. The number of nitro groups is 1. The number of nitrogens with zero attached hydrogens (tertiary/aromatic N) is 3. The zero-order chi connectivity index (χ0) is 27.2. The third kappa shape index (κ3) is 5.86. The fourth-order valence-corrected chi connectivity index (χ4v) is 4.14. The normalized spacial score (nSPS) is 15.2. The van der Waals surface area contributed by atoms with E-state index in [-0.39, 0.29) is 40.3 Å². The van der Waals surface area contributed by atoms with Gasteiger partial charge in [-0.05, 0) is 54.8 Å². The maximum Gasteiger partial charge on any atom is 0.331 e. The Morgan fingerprint density at radius 1 is 1.21 bits per heavy atom. The molecule has 0 saturated carbocycles. The van der Waals surface area contributed by atoms with Crippen molar-refractivity contribution in [2.75, 3.05) is 13.3 Å². The number of pyridine rings is 1. The third-order valence-corrected chi connectivity index (χ3v) is 5.85. The maximum atomic E-state index is 13.3. The van der Waals surface area contributed by atoms with Gasteiger partial charge < -0.3 is 24.8 Å². The minimum absolute atomic E-state index is 0.0254. The number of hydrogen-bond acceptors (Lipinski definition) is 9. The standard InChI is InChI=1S/C26H24N4O8/c1-16(31)28-20(14-17-6-8-18(32)9-7-17)25(33)29-13-3-5-22(29)26(34)38-15-37-23-11-10-21(30(35)36)19-4-2-12-27-24(19)23/h2,4,6-12,14,22,32H,3,5,13,15H2,1H3,(H,28,31)/b20-14-/t22-/m0/s1. The highest BCUT2D eigenvalue weighted by Crippen LogP contribution is 2.31. The van der Waals surface area contributed by atoms with E-state index in [0.29, 0.717) is 18.4 Å². The van der Waals surface area contributed by atoms with Crippen LogP contribution in [0.4, 0.5) is 5.69 Å². The molecule has 12 nitrogen and oxygen atoms in total. The summed E-state index contributed by atoms with van der Waals surface area (Å²) in [5, 5.41) is 23.6. The molecule has 2 N–H and O–H groups in total. The first-order chi connectivity index (χ1) is 18.2. The molecular formula is C26H24N4O8. The lowest BCUT2D eigenvalue weighted by Gasteiger charge is -2.24. The number of phenols is 1. The Labute approximate surface area is 216 Å². The van der Waals surface area contributed by atoms with Crippen LogP contribution in [0.5, 0.6) is 11.5 Å². The zero-order valence-electron chi connectivity index (χ0n) is 20.3. The minimum Gasteiger partial charge on any atom is -0.508 e. The van der Waals surface area contributed by atoms with Crippen LogP contribution in [0.15, 0.2) is 60.4 Å². The fourth-order valence-electron chi connectivity index (χ4n) is 4.14. The van der Waals surface area contributed by atoms with Crippen LogP contribution in [0, 0.1) is 10.1 Å². The van der Waals surface area contributed by atoms with Gasteiger partial charge >= 0.3 is 5.97 Å². The molecule has 196 valence electrons. The van der Waals surface area contributed by atoms with E-state index < -0.39 is 35.5 Å².